The van der Waals surface area contributed by atoms with Crippen LogP contribution in [0.3, 0.4) is 0 Å². The summed E-state index contributed by atoms with van der Waals surface area (Å²) in [7, 11) is 1.64. The fourth-order valence-electron chi connectivity index (χ4n) is 6.66. The molecule has 4 heterocycles. The van der Waals surface area contributed by atoms with E-state index in [2.05, 4.69) is 5.16 Å². The van der Waals surface area contributed by atoms with Gasteiger partial charge in [-0.15, -0.1) is 0 Å². The van der Waals surface area contributed by atoms with Gasteiger partial charge in [-0.25, -0.2) is 14.6 Å². The van der Waals surface area contributed by atoms with E-state index < -0.39 is 17.3 Å². The first-order valence-corrected chi connectivity index (χ1v) is 16.3. The van der Waals surface area contributed by atoms with Crippen LogP contribution in [0.25, 0.3) is 11.1 Å². The molecule has 1 spiro atoms. The predicted octanol–water partition coefficient (Wildman–Crippen LogP) is 7.33. The van der Waals surface area contributed by atoms with Crippen LogP contribution < -0.4 is 9.64 Å². The molecule has 2 aliphatic heterocycles. The van der Waals surface area contributed by atoms with Crippen molar-refractivity contribution in [3.63, 3.8) is 0 Å². The first-order valence-electron chi connectivity index (χ1n) is 16.3. The van der Waals surface area contributed by atoms with Crippen molar-refractivity contribution in [2.45, 2.75) is 98.0 Å². The average Bonchev–Trinajstić information content (AvgIpc) is 3.26. The van der Waals surface area contributed by atoms with Crippen LogP contribution in [0, 0.1) is 12.3 Å². The molecule has 1 aromatic carbocycles. The fraction of sp³-hybridized carbons (Fsp3) is 0.528. The Hall–Kier alpha value is -4.41. The summed E-state index contributed by atoms with van der Waals surface area (Å²) in [4.78, 5) is 38.7. The van der Waals surface area contributed by atoms with Crippen LogP contribution in [0.2, 0.25) is 0 Å². The van der Waals surface area contributed by atoms with Crippen molar-refractivity contribution >= 4 is 23.7 Å². The van der Waals surface area contributed by atoms with Crippen LogP contribution in [0.1, 0.15) is 89.9 Å². The van der Waals surface area contributed by atoms with Gasteiger partial charge in [-0.05, 0) is 116 Å². The van der Waals surface area contributed by atoms with Crippen LogP contribution >= 0.6 is 0 Å². The van der Waals surface area contributed by atoms with Crippen LogP contribution in [0.15, 0.2) is 45.9 Å². The predicted molar refractivity (Wildman–Crippen MR) is 178 cm³/mol. The number of aryl methyl sites for hydroxylation is 1. The molecule has 0 radical (unpaired) electrons. The number of nitrogens with zero attached hydrogens (tertiary/aromatic N) is 5. The van der Waals surface area contributed by atoms with E-state index in [1.165, 1.54) is 4.90 Å². The van der Waals surface area contributed by atoms with Gasteiger partial charge in [0.05, 0.1) is 28.8 Å². The van der Waals surface area contributed by atoms with Crippen LogP contribution in [-0.2, 0) is 16.0 Å². The molecule has 3 aromatic rings. The number of ether oxygens (including phenoxy) is 3. The Morgan fingerprint density at radius 1 is 1.00 bits per heavy atom. The Labute approximate surface area is 276 Å². The number of carbonyl (C=O) groups is 2. The molecule has 3 aliphatic rings. The molecule has 1 saturated carbocycles. The fourth-order valence-corrected chi connectivity index (χ4v) is 6.66. The summed E-state index contributed by atoms with van der Waals surface area (Å²) in [6.45, 7) is 14.8. The summed E-state index contributed by atoms with van der Waals surface area (Å²) < 4.78 is 23.2. The molecule has 1 aliphatic carbocycles. The van der Waals surface area contributed by atoms with Crippen LogP contribution in [0.4, 0.5) is 15.4 Å². The van der Waals surface area contributed by atoms with Crippen molar-refractivity contribution in [3.8, 4) is 16.9 Å². The lowest BCUT2D eigenvalue weighted by Gasteiger charge is -2.52. The molecule has 0 bridgehead atoms. The number of carbonyl (C=O) groups excluding carboxylic acids is 2. The molecule has 0 N–H and O–H groups in total. The molecular formula is C36H45N5O6. The highest BCUT2D eigenvalue weighted by Gasteiger charge is 2.49. The molecule has 1 saturated heterocycles. The lowest BCUT2D eigenvalue weighted by Crippen LogP contribution is -2.55. The third kappa shape index (κ3) is 6.99. The maximum Gasteiger partial charge on any atom is 0.415 e. The Morgan fingerprint density at radius 2 is 1.70 bits per heavy atom. The van der Waals surface area contributed by atoms with Crippen molar-refractivity contribution in [1.29, 1.82) is 0 Å². The molecular weight excluding hydrogens is 598 g/mol. The van der Waals surface area contributed by atoms with E-state index in [1.807, 2.05) is 83.7 Å². The highest BCUT2D eigenvalue weighted by Crippen LogP contribution is 2.49. The summed E-state index contributed by atoms with van der Waals surface area (Å²) in [6, 6.07) is 11.6. The second-order valence-electron chi connectivity index (χ2n) is 15.0. The first kappa shape index (κ1) is 32.5. The minimum absolute atomic E-state index is 0.0886. The Bertz CT molecular complexity index is 1690. The van der Waals surface area contributed by atoms with Crippen LogP contribution in [-0.4, -0.2) is 70.4 Å². The number of likely N-dealkylation sites (tertiary alicyclic amines) is 1. The molecule has 250 valence electrons. The SMILES string of the molecule is Cc1noc2c1-c1ccc(N(C)C(=O)OC(C)(C)C)nc1C(c1ccc(OC3CC4(CCCN(C(=O)OC(C)(C)C)C4)C3)cc1)=NC2. The molecule has 2 amide bonds. The largest absolute Gasteiger partial charge is 0.490 e. The van der Waals surface area contributed by atoms with Gasteiger partial charge < -0.3 is 23.6 Å². The van der Waals surface area contributed by atoms with Gasteiger partial charge in [0.15, 0.2) is 5.76 Å². The van der Waals surface area contributed by atoms with Crippen molar-refractivity contribution in [2.75, 3.05) is 25.0 Å². The van der Waals surface area contributed by atoms with Gasteiger partial charge >= 0.3 is 12.2 Å². The van der Waals surface area contributed by atoms with E-state index >= 15 is 0 Å². The molecule has 2 fully saturated rings. The number of hydrogen-bond donors (Lipinski definition) is 0. The van der Waals surface area contributed by atoms with Gasteiger partial charge in [-0.1, -0.05) is 5.16 Å². The van der Waals surface area contributed by atoms with Gasteiger partial charge in [0.2, 0.25) is 0 Å². The van der Waals surface area contributed by atoms with Crippen molar-refractivity contribution in [2.24, 2.45) is 10.4 Å². The number of piperidine rings is 1. The van der Waals surface area contributed by atoms with E-state index in [0.717, 1.165) is 60.4 Å². The number of aliphatic imine (C=N–C) groups is 1. The highest BCUT2D eigenvalue weighted by atomic mass is 16.6. The number of aromatic nitrogens is 2. The van der Waals surface area contributed by atoms with Gasteiger partial charge in [-0.2, -0.15) is 0 Å². The molecule has 11 nitrogen and oxygen atoms in total. The minimum Gasteiger partial charge on any atom is -0.490 e. The van der Waals surface area contributed by atoms with E-state index in [0.29, 0.717) is 36.1 Å². The Morgan fingerprint density at radius 3 is 2.38 bits per heavy atom. The molecule has 6 rings (SSSR count). The molecule has 47 heavy (non-hydrogen) atoms. The standard InChI is InChI=1S/C36H45N5O6/c1-22-29-26-14-15-28(40(8)32(42)45-34(2,3)4)38-31(26)30(37-20-27(29)47-39-22)23-10-12-24(13-11-23)44-25-18-36(19-25)16-9-17-41(21-36)33(43)46-35(5,6)7/h10-15,25H,9,16-21H2,1-8H3. The third-order valence-electron chi connectivity index (χ3n) is 8.76. The minimum atomic E-state index is -0.640. The Kier molecular flexibility index (Phi) is 8.30. The van der Waals surface area contributed by atoms with Crippen molar-refractivity contribution < 1.29 is 28.3 Å². The smallest absolute Gasteiger partial charge is 0.415 e. The summed E-state index contributed by atoms with van der Waals surface area (Å²) in [5.74, 6) is 1.89. The topological polar surface area (TPSA) is 120 Å². The number of fused-ring (bicyclic) bond motifs is 3. The van der Waals surface area contributed by atoms with Gasteiger partial charge in [-0.3, -0.25) is 9.89 Å². The van der Waals surface area contributed by atoms with E-state index in [4.69, 9.17) is 28.7 Å². The van der Waals surface area contributed by atoms with Gasteiger partial charge in [0.25, 0.3) is 0 Å². The zero-order valence-electron chi connectivity index (χ0n) is 28.7. The number of benzene rings is 1. The number of anilines is 1. The van der Waals surface area contributed by atoms with E-state index in [1.54, 1.807) is 13.1 Å². The summed E-state index contributed by atoms with van der Waals surface area (Å²) in [5, 5.41) is 4.17. The lowest BCUT2D eigenvalue weighted by atomic mass is 9.62. The number of pyridine rings is 1. The third-order valence-corrected chi connectivity index (χ3v) is 8.76. The summed E-state index contributed by atoms with van der Waals surface area (Å²) in [5.41, 5.74) is 3.58. The molecule has 0 atom stereocenters. The van der Waals surface area contributed by atoms with Gasteiger partial charge in [0.1, 0.15) is 29.3 Å². The van der Waals surface area contributed by atoms with E-state index in [-0.39, 0.29) is 17.6 Å². The number of hydrogen-bond acceptors (Lipinski definition) is 9. The Balaban J connectivity index is 1.18. The summed E-state index contributed by atoms with van der Waals surface area (Å²) >= 11 is 0. The monoisotopic (exact) mass is 643 g/mol. The number of amides is 2. The second kappa shape index (κ2) is 12.0. The van der Waals surface area contributed by atoms with E-state index in [9.17, 15) is 9.59 Å². The number of rotatable bonds is 4. The molecule has 11 heteroatoms. The lowest BCUT2D eigenvalue weighted by molar-refractivity contribution is -0.0663. The zero-order valence-corrected chi connectivity index (χ0v) is 28.7. The maximum atomic E-state index is 12.9. The first-order chi connectivity index (χ1) is 22.1. The second-order valence-corrected chi connectivity index (χ2v) is 15.0. The molecule has 2 aromatic heterocycles. The maximum absolute atomic E-state index is 12.9. The molecule has 0 unspecified atom stereocenters. The summed E-state index contributed by atoms with van der Waals surface area (Å²) in [6.07, 6.45) is 3.25. The zero-order chi connectivity index (χ0) is 33.7. The highest BCUT2D eigenvalue weighted by molar-refractivity contribution is 6.16. The van der Waals surface area contributed by atoms with Crippen molar-refractivity contribution in [1.82, 2.24) is 15.0 Å². The average molecular weight is 644 g/mol. The van der Waals surface area contributed by atoms with Gasteiger partial charge in [0, 0.05) is 31.3 Å². The van der Waals surface area contributed by atoms with Crippen LogP contribution in [0.5, 0.6) is 5.75 Å². The quantitative estimate of drug-likeness (QED) is 0.290. The van der Waals surface area contributed by atoms with Crippen molar-refractivity contribution in [3.05, 3.63) is 59.1 Å². The normalized spacial score (nSPS) is 20.7.